The summed E-state index contributed by atoms with van der Waals surface area (Å²) < 4.78 is 6.41. The molecule has 0 aliphatic rings. The summed E-state index contributed by atoms with van der Waals surface area (Å²) in [5.41, 5.74) is 1.46. The van der Waals surface area contributed by atoms with Gasteiger partial charge >= 0.3 is 0 Å². The zero-order valence-corrected chi connectivity index (χ0v) is 23.7. The monoisotopic (exact) mass is 610 g/mol. The van der Waals surface area contributed by atoms with Crippen LogP contribution in [-0.4, -0.2) is 35.4 Å². The minimum atomic E-state index is -0.827. The van der Waals surface area contributed by atoms with Crippen LogP contribution in [0.15, 0.2) is 71.2 Å². The van der Waals surface area contributed by atoms with Crippen LogP contribution >= 0.6 is 50.7 Å². The highest BCUT2D eigenvalue weighted by atomic mass is 79.9. The van der Waals surface area contributed by atoms with Gasteiger partial charge in [0.2, 0.25) is 5.91 Å². The van der Waals surface area contributed by atoms with Gasteiger partial charge in [-0.15, -0.1) is 0 Å². The van der Waals surface area contributed by atoms with Gasteiger partial charge in [0.1, 0.15) is 11.8 Å². The van der Waals surface area contributed by atoms with Crippen molar-refractivity contribution in [3.05, 3.63) is 97.4 Å². The van der Waals surface area contributed by atoms with Gasteiger partial charge in [-0.1, -0.05) is 71.2 Å². The molecule has 0 aromatic heterocycles. The third-order valence-electron chi connectivity index (χ3n) is 5.34. The number of hydrogen-bond acceptors (Lipinski definition) is 3. The quantitative estimate of drug-likeness (QED) is 0.270. The Kier molecular flexibility index (Phi) is 10.5. The van der Waals surface area contributed by atoms with E-state index in [1.54, 1.807) is 36.4 Å². The Bertz CT molecular complexity index is 1190. The van der Waals surface area contributed by atoms with E-state index in [9.17, 15) is 9.59 Å². The predicted octanol–water partition coefficient (Wildman–Crippen LogP) is 6.95. The average molecular weight is 613 g/mol. The summed E-state index contributed by atoms with van der Waals surface area (Å²) in [6.45, 7) is 3.47. The standard InChI is InChI=1S/C27H26BrCl3N2O3/c1-17(2)32-27(35)24(13-18-7-4-3-5-8-18)33(15-20-22(30)9-6-10-23(20)31)26(34)16-36-25-12-11-19(29)14-21(25)28/h3-12,14,17,24H,13,15-16H2,1-2H3,(H,32,35)/t24-/m0/s1. The number of amides is 2. The molecule has 0 saturated carbocycles. The number of rotatable bonds is 10. The van der Waals surface area contributed by atoms with Crippen LogP contribution in [0.2, 0.25) is 15.1 Å². The van der Waals surface area contributed by atoms with Crippen molar-refractivity contribution < 1.29 is 14.3 Å². The number of ether oxygens (including phenoxy) is 1. The van der Waals surface area contributed by atoms with Gasteiger partial charge in [0.25, 0.3) is 5.91 Å². The highest BCUT2D eigenvalue weighted by molar-refractivity contribution is 9.10. The Hall–Kier alpha value is -2.25. The molecule has 5 nitrogen and oxygen atoms in total. The minimum absolute atomic E-state index is 0.0332. The number of nitrogens with one attached hydrogen (secondary N) is 1. The van der Waals surface area contributed by atoms with Gasteiger partial charge < -0.3 is 15.0 Å². The van der Waals surface area contributed by atoms with Crippen LogP contribution in [0.5, 0.6) is 5.75 Å². The van der Waals surface area contributed by atoms with Crippen LogP contribution in [0.4, 0.5) is 0 Å². The molecule has 190 valence electrons. The Morgan fingerprint density at radius 3 is 2.25 bits per heavy atom. The maximum Gasteiger partial charge on any atom is 0.261 e. The molecule has 0 spiro atoms. The van der Waals surface area contributed by atoms with Gasteiger partial charge in [0.15, 0.2) is 6.61 Å². The summed E-state index contributed by atoms with van der Waals surface area (Å²) in [5, 5.41) is 4.29. The Morgan fingerprint density at radius 1 is 0.972 bits per heavy atom. The molecule has 3 aromatic rings. The third-order valence-corrected chi connectivity index (χ3v) is 6.90. The molecule has 0 unspecified atom stereocenters. The molecule has 0 fully saturated rings. The summed E-state index contributed by atoms with van der Waals surface area (Å²) in [5.74, 6) is -0.222. The van der Waals surface area contributed by atoms with Gasteiger partial charge in [-0.2, -0.15) is 0 Å². The Morgan fingerprint density at radius 2 is 1.64 bits per heavy atom. The van der Waals surface area contributed by atoms with Crippen LogP contribution in [0.25, 0.3) is 0 Å². The second kappa shape index (κ2) is 13.3. The molecule has 1 N–H and O–H groups in total. The molecular formula is C27H26BrCl3N2O3. The SMILES string of the molecule is CC(C)NC(=O)[C@H](Cc1ccccc1)N(Cc1c(Cl)cccc1Cl)C(=O)COc1ccc(Cl)cc1Br. The van der Waals surface area contributed by atoms with Crippen LogP contribution in [-0.2, 0) is 22.6 Å². The number of benzene rings is 3. The van der Waals surface area contributed by atoms with Crippen molar-refractivity contribution in [3.8, 4) is 5.75 Å². The van der Waals surface area contributed by atoms with E-state index in [0.29, 0.717) is 37.3 Å². The molecule has 1 atom stereocenters. The molecule has 0 radical (unpaired) electrons. The number of carbonyl (C=O) groups is 2. The lowest BCUT2D eigenvalue weighted by molar-refractivity contribution is -0.143. The van der Waals surface area contributed by atoms with Gasteiger partial charge in [-0.25, -0.2) is 0 Å². The summed E-state index contributed by atoms with van der Waals surface area (Å²) in [6.07, 6.45) is 0.303. The van der Waals surface area contributed by atoms with Crippen molar-refractivity contribution >= 4 is 62.5 Å². The molecular weight excluding hydrogens is 587 g/mol. The molecule has 0 aliphatic carbocycles. The third kappa shape index (κ3) is 7.87. The first-order valence-corrected chi connectivity index (χ1v) is 13.2. The van der Waals surface area contributed by atoms with Crippen molar-refractivity contribution in [2.75, 3.05) is 6.61 Å². The maximum absolute atomic E-state index is 13.6. The van der Waals surface area contributed by atoms with Gasteiger partial charge in [0, 0.05) is 39.6 Å². The molecule has 3 rings (SSSR count). The molecule has 2 amide bonds. The van der Waals surface area contributed by atoms with Crippen LogP contribution in [0.1, 0.15) is 25.0 Å². The maximum atomic E-state index is 13.6. The van der Waals surface area contributed by atoms with Crippen LogP contribution < -0.4 is 10.1 Å². The number of nitrogens with zero attached hydrogens (tertiary/aromatic N) is 1. The summed E-state index contributed by atoms with van der Waals surface area (Å²) >= 11 is 22.3. The first-order chi connectivity index (χ1) is 17.2. The first-order valence-electron chi connectivity index (χ1n) is 11.3. The van der Waals surface area contributed by atoms with E-state index in [0.717, 1.165) is 5.56 Å². The van der Waals surface area contributed by atoms with E-state index in [4.69, 9.17) is 39.5 Å². The van der Waals surface area contributed by atoms with E-state index >= 15 is 0 Å². The number of carbonyl (C=O) groups excluding carboxylic acids is 2. The Labute approximate surface area is 234 Å². The first kappa shape index (κ1) is 28.3. The number of halogens is 4. The van der Waals surface area contributed by atoms with Crippen LogP contribution in [0.3, 0.4) is 0 Å². The predicted molar refractivity (Wildman–Crippen MR) is 149 cm³/mol. The zero-order valence-electron chi connectivity index (χ0n) is 19.8. The average Bonchev–Trinajstić information content (AvgIpc) is 2.82. The van der Waals surface area contributed by atoms with E-state index in [1.807, 2.05) is 44.2 Å². The van der Waals surface area contributed by atoms with Crippen molar-refractivity contribution in [2.45, 2.75) is 38.9 Å². The fourth-order valence-electron chi connectivity index (χ4n) is 3.60. The molecule has 3 aromatic carbocycles. The molecule has 0 aliphatic heterocycles. The molecule has 0 saturated heterocycles. The van der Waals surface area contributed by atoms with E-state index in [2.05, 4.69) is 21.2 Å². The van der Waals surface area contributed by atoms with Crippen molar-refractivity contribution in [2.24, 2.45) is 0 Å². The van der Waals surface area contributed by atoms with E-state index in [-0.39, 0.29) is 25.1 Å². The smallest absolute Gasteiger partial charge is 0.261 e. The van der Waals surface area contributed by atoms with Gasteiger partial charge in [-0.05, 0) is 65.7 Å². The second-order valence-electron chi connectivity index (χ2n) is 8.45. The van der Waals surface area contributed by atoms with E-state index in [1.165, 1.54) is 4.90 Å². The van der Waals surface area contributed by atoms with Gasteiger partial charge in [-0.3, -0.25) is 9.59 Å². The lowest BCUT2D eigenvalue weighted by atomic mass is 10.0. The molecule has 0 heterocycles. The van der Waals surface area contributed by atoms with Crippen LogP contribution in [0, 0.1) is 0 Å². The fourth-order valence-corrected chi connectivity index (χ4v) is 4.92. The lowest BCUT2D eigenvalue weighted by Gasteiger charge is -2.32. The topological polar surface area (TPSA) is 58.6 Å². The summed E-state index contributed by atoms with van der Waals surface area (Å²) in [7, 11) is 0. The second-order valence-corrected chi connectivity index (χ2v) is 10.6. The Balaban J connectivity index is 1.97. The fraction of sp³-hybridized carbons (Fsp3) is 0.259. The van der Waals surface area contributed by atoms with Crippen molar-refractivity contribution in [1.29, 1.82) is 0 Å². The minimum Gasteiger partial charge on any atom is -0.483 e. The zero-order chi connectivity index (χ0) is 26.2. The van der Waals surface area contributed by atoms with Crippen molar-refractivity contribution in [1.82, 2.24) is 10.2 Å². The normalized spacial score (nSPS) is 11.8. The lowest BCUT2D eigenvalue weighted by Crippen LogP contribution is -2.52. The molecule has 9 heteroatoms. The summed E-state index contributed by atoms with van der Waals surface area (Å²) in [6, 6.07) is 18.7. The molecule has 0 bridgehead atoms. The van der Waals surface area contributed by atoms with E-state index < -0.39 is 11.9 Å². The highest BCUT2D eigenvalue weighted by Gasteiger charge is 2.32. The van der Waals surface area contributed by atoms with Gasteiger partial charge in [0.05, 0.1) is 4.47 Å². The van der Waals surface area contributed by atoms with Crippen molar-refractivity contribution in [3.63, 3.8) is 0 Å². The molecule has 36 heavy (non-hydrogen) atoms. The summed E-state index contributed by atoms with van der Waals surface area (Å²) in [4.78, 5) is 28.5. The highest BCUT2D eigenvalue weighted by Crippen LogP contribution is 2.29. The largest absolute Gasteiger partial charge is 0.483 e. The number of hydrogen-bond donors (Lipinski definition) is 1.